The predicted molar refractivity (Wildman–Crippen MR) is 110 cm³/mol. The van der Waals surface area contributed by atoms with E-state index in [9.17, 15) is 13.8 Å². The first-order chi connectivity index (χ1) is 14.3. The summed E-state index contributed by atoms with van der Waals surface area (Å²) in [6, 6.07) is 10.1. The number of hydrogen-bond acceptors (Lipinski definition) is 7. The lowest BCUT2D eigenvalue weighted by atomic mass is 10.1. The third-order valence-electron chi connectivity index (χ3n) is 4.68. The van der Waals surface area contributed by atoms with Crippen molar-refractivity contribution < 1.29 is 28.1 Å². The molecule has 30 heavy (non-hydrogen) atoms. The molecule has 1 fully saturated rings. The molecule has 2 heterocycles. The summed E-state index contributed by atoms with van der Waals surface area (Å²) >= 11 is 1.03. The number of anilines is 1. The topological polar surface area (TPSA) is 113 Å². The van der Waals surface area contributed by atoms with E-state index in [-0.39, 0.29) is 17.4 Å². The number of aromatic nitrogens is 2. The summed E-state index contributed by atoms with van der Waals surface area (Å²) in [4.78, 5) is 35.8. The lowest BCUT2D eigenvalue weighted by molar-refractivity contribution is 0.112. The van der Waals surface area contributed by atoms with Crippen molar-refractivity contribution in [2.45, 2.75) is 12.8 Å². The molecule has 2 aromatic carbocycles. The zero-order valence-corrected chi connectivity index (χ0v) is 17.3. The Morgan fingerprint density at radius 2 is 1.83 bits per heavy atom. The van der Waals surface area contributed by atoms with Gasteiger partial charge in [0.05, 0.1) is 5.56 Å². The molecule has 2 N–H and O–H groups in total. The molecule has 8 nitrogen and oxygen atoms in total. The van der Waals surface area contributed by atoms with E-state index >= 15 is 0 Å². The summed E-state index contributed by atoms with van der Waals surface area (Å²) < 4.78 is 34.0. The van der Waals surface area contributed by atoms with Gasteiger partial charge >= 0.3 is 7.82 Å². The molecular weight excluding hydrogens is 432 g/mol. The third kappa shape index (κ3) is 4.41. The second kappa shape index (κ2) is 8.23. The van der Waals surface area contributed by atoms with E-state index in [1.807, 2.05) is 24.3 Å². The van der Waals surface area contributed by atoms with Crippen LogP contribution in [0, 0.1) is 5.82 Å². The Morgan fingerprint density at radius 1 is 1.13 bits per heavy atom. The van der Waals surface area contributed by atoms with Crippen LogP contribution in [0.3, 0.4) is 0 Å². The first-order valence-corrected chi connectivity index (χ1v) is 11.4. The van der Waals surface area contributed by atoms with E-state index in [2.05, 4.69) is 18.8 Å². The molecule has 4 rings (SSSR count). The van der Waals surface area contributed by atoms with E-state index in [0.717, 1.165) is 41.9 Å². The molecular formula is C19H17FN3O5PS. The van der Waals surface area contributed by atoms with E-state index in [4.69, 9.17) is 9.79 Å². The minimum Gasteiger partial charge on any atom is -0.400 e. The SMILES string of the molecule is O=Cc1cc(-c2nc(-c3ccc(N4CCCC4)cc3)ns2)cc(F)c1OP(=O)(O)O. The van der Waals surface area contributed by atoms with Gasteiger partial charge in [-0.2, -0.15) is 4.37 Å². The van der Waals surface area contributed by atoms with Crippen molar-refractivity contribution in [1.82, 2.24) is 9.36 Å². The normalized spacial score (nSPS) is 14.2. The Morgan fingerprint density at radius 3 is 2.47 bits per heavy atom. The van der Waals surface area contributed by atoms with E-state index in [0.29, 0.717) is 10.8 Å². The van der Waals surface area contributed by atoms with Crippen LogP contribution in [0.15, 0.2) is 36.4 Å². The summed E-state index contributed by atoms with van der Waals surface area (Å²) in [5, 5.41) is 0.360. The molecule has 0 radical (unpaired) electrons. The molecule has 1 aliphatic heterocycles. The lowest BCUT2D eigenvalue weighted by Crippen LogP contribution is -2.17. The van der Waals surface area contributed by atoms with Crippen LogP contribution >= 0.6 is 19.4 Å². The van der Waals surface area contributed by atoms with E-state index in [1.165, 1.54) is 18.9 Å². The molecule has 0 saturated carbocycles. The number of rotatable bonds is 6. The standard InChI is InChI=1S/C19H17FN3O5PS/c20-16-10-13(9-14(11-24)17(16)28-29(25,26)27)19-21-18(22-30-19)12-3-5-15(6-4-12)23-7-1-2-8-23/h3-6,9-11H,1-2,7-8H2,(H2,25,26,27). The molecule has 0 spiro atoms. The minimum absolute atomic E-state index is 0.255. The van der Waals surface area contributed by atoms with Gasteiger partial charge in [-0.05, 0) is 60.8 Å². The molecule has 3 aromatic rings. The van der Waals surface area contributed by atoms with Crippen LogP contribution in [0.25, 0.3) is 22.0 Å². The molecule has 0 amide bonds. The Bertz CT molecular complexity index is 1130. The van der Waals surface area contributed by atoms with Crippen molar-refractivity contribution in [1.29, 1.82) is 0 Å². The van der Waals surface area contributed by atoms with Crippen LogP contribution < -0.4 is 9.42 Å². The van der Waals surface area contributed by atoms with E-state index in [1.54, 1.807) is 0 Å². The van der Waals surface area contributed by atoms with Crippen molar-refractivity contribution >= 4 is 31.3 Å². The number of carbonyl (C=O) groups is 1. The van der Waals surface area contributed by atoms with Gasteiger partial charge in [-0.15, -0.1) is 0 Å². The van der Waals surface area contributed by atoms with Crippen molar-refractivity contribution in [3.63, 3.8) is 0 Å². The first kappa shape index (κ1) is 20.6. The highest BCUT2D eigenvalue weighted by atomic mass is 32.1. The monoisotopic (exact) mass is 449 g/mol. The highest BCUT2D eigenvalue weighted by molar-refractivity contribution is 7.46. The second-order valence-electron chi connectivity index (χ2n) is 6.74. The van der Waals surface area contributed by atoms with Gasteiger partial charge in [0, 0.05) is 29.9 Å². The molecule has 0 unspecified atom stereocenters. The van der Waals surface area contributed by atoms with Gasteiger partial charge in [0.2, 0.25) is 0 Å². The molecule has 0 atom stereocenters. The third-order valence-corrected chi connectivity index (χ3v) is 5.86. The Hall–Kier alpha value is -2.65. The molecule has 1 saturated heterocycles. The Balaban J connectivity index is 1.61. The highest BCUT2D eigenvalue weighted by Crippen LogP contribution is 2.41. The zero-order chi connectivity index (χ0) is 21.3. The van der Waals surface area contributed by atoms with Crippen molar-refractivity contribution in [3.8, 4) is 27.7 Å². The highest BCUT2D eigenvalue weighted by Gasteiger charge is 2.23. The number of benzene rings is 2. The van der Waals surface area contributed by atoms with Crippen LogP contribution in [0.2, 0.25) is 0 Å². The Kier molecular flexibility index (Phi) is 5.66. The van der Waals surface area contributed by atoms with Gasteiger partial charge in [0.1, 0.15) is 5.01 Å². The molecule has 1 aliphatic rings. The lowest BCUT2D eigenvalue weighted by Gasteiger charge is -2.17. The van der Waals surface area contributed by atoms with Gasteiger partial charge in [-0.1, -0.05) is 0 Å². The first-order valence-electron chi connectivity index (χ1n) is 9.07. The van der Waals surface area contributed by atoms with Crippen LogP contribution in [0.1, 0.15) is 23.2 Å². The number of hydrogen-bond donors (Lipinski definition) is 2. The quantitative estimate of drug-likeness (QED) is 0.431. The second-order valence-corrected chi connectivity index (χ2v) is 8.66. The van der Waals surface area contributed by atoms with Crippen LogP contribution in [0.4, 0.5) is 10.1 Å². The van der Waals surface area contributed by atoms with Crippen LogP contribution in [0.5, 0.6) is 5.75 Å². The van der Waals surface area contributed by atoms with Crippen molar-refractivity contribution in [2.24, 2.45) is 0 Å². The number of phosphoric acid groups is 1. The fourth-order valence-electron chi connectivity index (χ4n) is 3.30. The number of phosphoric ester groups is 1. The molecule has 11 heteroatoms. The average molecular weight is 449 g/mol. The summed E-state index contributed by atoms with van der Waals surface area (Å²) in [6.45, 7) is 2.09. The summed E-state index contributed by atoms with van der Waals surface area (Å²) in [7, 11) is -5.02. The van der Waals surface area contributed by atoms with Crippen molar-refractivity contribution in [2.75, 3.05) is 18.0 Å². The van der Waals surface area contributed by atoms with Gasteiger partial charge in [-0.25, -0.2) is 13.9 Å². The number of halogens is 1. The fraction of sp³-hybridized carbons (Fsp3) is 0.211. The van der Waals surface area contributed by atoms with Gasteiger partial charge in [0.25, 0.3) is 0 Å². The van der Waals surface area contributed by atoms with Gasteiger partial charge in [-0.3, -0.25) is 14.6 Å². The molecule has 0 bridgehead atoms. The Labute approximate surface area is 175 Å². The summed E-state index contributed by atoms with van der Waals surface area (Å²) in [5.74, 6) is -1.42. The number of carbonyl (C=O) groups excluding carboxylic acids is 1. The minimum atomic E-state index is -5.02. The molecule has 1 aromatic heterocycles. The fourth-order valence-corrected chi connectivity index (χ4v) is 4.40. The maximum absolute atomic E-state index is 14.4. The van der Waals surface area contributed by atoms with Crippen LogP contribution in [-0.4, -0.2) is 38.5 Å². The smallest absolute Gasteiger partial charge is 0.400 e. The predicted octanol–water partition coefficient (Wildman–Crippen LogP) is 3.90. The molecule has 156 valence electrons. The molecule has 0 aliphatic carbocycles. The van der Waals surface area contributed by atoms with Crippen molar-refractivity contribution in [3.05, 3.63) is 47.8 Å². The number of aldehydes is 1. The summed E-state index contributed by atoms with van der Waals surface area (Å²) in [5.41, 5.74) is 1.87. The largest absolute Gasteiger partial charge is 0.524 e. The maximum Gasteiger partial charge on any atom is 0.524 e. The average Bonchev–Trinajstić information content (AvgIpc) is 3.41. The zero-order valence-electron chi connectivity index (χ0n) is 15.6. The number of nitrogens with zero attached hydrogens (tertiary/aromatic N) is 3. The van der Waals surface area contributed by atoms with Gasteiger partial charge in [0.15, 0.2) is 23.7 Å². The maximum atomic E-state index is 14.4. The van der Waals surface area contributed by atoms with Crippen LogP contribution in [-0.2, 0) is 4.57 Å². The van der Waals surface area contributed by atoms with E-state index < -0.39 is 19.4 Å². The van der Waals surface area contributed by atoms with Gasteiger partial charge < -0.3 is 9.42 Å². The summed E-state index contributed by atoms with van der Waals surface area (Å²) in [6.07, 6.45) is 2.64.